The van der Waals surface area contributed by atoms with E-state index in [1.54, 1.807) is 13.0 Å². The summed E-state index contributed by atoms with van der Waals surface area (Å²) >= 11 is 3.18. The van der Waals surface area contributed by atoms with Crippen LogP contribution in [0.15, 0.2) is 50.1 Å². The molecule has 0 radical (unpaired) electrons. The molecule has 0 bridgehead atoms. The zero-order valence-electron chi connectivity index (χ0n) is 15.3. The van der Waals surface area contributed by atoms with Crippen molar-refractivity contribution in [1.82, 2.24) is 4.57 Å². The van der Waals surface area contributed by atoms with E-state index in [-0.39, 0.29) is 34.2 Å². The van der Waals surface area contributed by atoms with Gasteiger partial charge in [-0.15, -0.1) is 0 Å². The summed E-state index contributed by atoms with van der Waals surface area (Å²) < 4.78 is 43.6. The Hall–Kier alpha value is -3.14. The Morgan fingerprint density at radius 1 is 1.24 bits per heavy atom. The molecule has 0 saturated heterocycles. The van der Waals surface area contributed by atoms with Gasteiger partial charge in [0, 0.05) is 35.5 Å². The molecule has 0 unspecified atom stereocenters. The highest BCUT2D eigenvalue weighted by Crippen LogP contribution is 2.26. The Morgan fingerprint density at radius 3 is 2.69 bits per heavy atom. The van der Waals surface area contributed by atoms with Gasteiger partial charge < -0.3 is 13.9 Å². The van der Waals surface area contributed by atoms with Gasteiger partial charge in [-0.1, -0.05) is 0 Å². The third-order valence-corrected chi connectivity index (χ3v) is 4.65. The number of ether oxygens (including phenoxy) is 2. The van der Waals surface area contributed by atoms with Gasteiger partial charge in [-0.05, 0) is 35.0 Å². The van der Waals surface area contributed by atoms with Crippen molar-refractivity contribution in [2.45, 2.75) is 13.5 Å². The van der Waals surface area contributed by atoms with Crippen molar-refractivity contribution in [3.8, 4) is 11.6 Å². The zero-order valence-corrected chi connectivity index (χ0v) is 16.9. The predicted octanol–water partition coefficient (Wildman–Crippen LogP) is 4.54. The van der Waals surface area contributed by atoms with E-state index in [9.17, 15) is 18.4 Å². The third kappa shape index (κ3) is 4.48. The molecule has 1 amide bonds. The number of amides is 1. The second kappa shape index (κ2) is 8.48. The van der Waals surface area contributed by atoms with Crippen molar-refractivity contribution in [2.24, 2.45) is 0 Å². The van der Waals surface area contributed by atoms with Crippen LogP contribution in [-0.4, -0.2) is 17.8 Å². The summed E-state index contributed by atoms with van der Waals surface area (Å²) in [6, 6.07) is 7.67. The molecule has 0 aliphatic carbocycles. The number of carbonyl (C=O) groups excluding carboxylic acids is 1. The molecule has 3 rings (SSSR count). The van der Waals surface area contributed by atoms with Crippen LogP contribution in [-0.2, 0) is 11.3 Å². The summed E-state index contributed by atoms with van der Waals surface area (Å²) in [6.07, 6.45) is -0.715. The zero-order chi connectivity index (χ0) is 21.1. The van der Waals surface area contributed by atoms with Crippen molar-refractivity contribution in [2.75, 3.05) is 12.4 Å². The SMILES string of the molecule is COC(=O)Nc1ccc(-n2c(C)cc(OCc3ccc(F)cc3F)c(Br)c2=O)o1. The molecule has 1 N–H and O–H groups in total. The standard InChI is InChI=1S/C19H15BrF2N2O5/c1-10-7-14(28-9-11-3-4-12(21)8-13(11)22)17(20)18(25)24(10)16-6-5-15(29-16)23-19(26)27-2/h3-8H,9H2,1-2H3,(H,23,26). The first-order valence-corrected chi connectivity index (χ1v) is 9.03. The lowest BCUT2D eigenvalue weighted by atomic mass is 10.2. The van der Waals surface area contributed by atoms with Crippen LogP contribution < -0.4 is 15.6 Å². The van der Waals surface area contributed by atoms with Crippen molar-refractivity contribution in [3.05, 3.63) is 74.1 Å². The lowest BCUT2D eigenvalue weighted by Gasteiger charge is -2.13. The number of aryl methyl sites for hydroxylation is 1. The van der Waals surface area contributed by atoms with Gasteiger partial charge in [0.05, 0.1) is 7.11 Å². The number of aromatic nitrogens is 1. The second-order valence-electron chi connectivity index (χ2n) is 5.88. The molecule has 2 heterocycles. The van der Waals surface area contributed by atoms with Crippen molar-refractivity contribution in [3.63, 3.8) is 0 Å². The second-order valence-corrected chi connectivity index (χ2v) is 6.68. The number of nitrogens with zero attached hydrogens (tertiary/aromatic N) is 1. The number of carbonyl (C=O) groups is 1. The molecule has 10 heteroatoms. The van der Waals surface area contributed by atoms with Crippen LogP contribution in [0.25, 0.3) is 5.88 Å². The van der Waals surface area contributed by atoms with Crippen molar-refractivity contribution in [1.29, 1.82) is 0 Å². The molecular weight excluding hydrogens is 454 g/mol. The summed E-state index contributed by atoms with van der Waals surface area (Å²) in [4.78, 5) is 24.0. The van der Waals surface area contributed by atoms with E-state index < -0.39 is 23.3 Å². The van der Waals surface area contributed by atoms with E-state index in [1.165, 1.54) is 29.9 Å². The van der Waals surface area contributed by atoms with E-state index in [0.717, 1.165) is 12.1 Å². The minimum absolute atomic E-state index is 0.0875. The van der Waals surface area contributed by atoms with Crippen LogP contribution in [0.4, 0.5) is 19.5 Å². The van der Waals surface area contributed by atoms with E-state index in [2.05, 4.69) is 26.0 Å². The number of anilines is 1. The number of nitrogens with one attached hydrogen (secondary N) is 1. The van der Waals surface area contributed by atoms with Crippen LogP contribution in [0.5, 0.6) is 5.75 Å². The Kier molecular flexibility index (Phi) is 6.02. The molecule has 0 fully saturated rings. The highest BCUT2D eigenvalue weighted by atomic mass is 79.9. The normalized spacial score (nSPS) is 10.7. The van der Waals surface area contributed by atoms with Crippen molar-refractivity contribution >= 4 is 27.9 Å². The Labute approximate surface area is 172 Å². The summed E-state index contributed by atoms with van der Waals surface area (Å²) in [6.45, 7) is 1.46. The molecule has 152 valence electrons. The minimum Gasteiger partial charge on any atom is -0.487 e. The Bertz CT molecular complexity index is 1130. The van der Waals surface area contributed by atoms with Crippen molar-refractivity contribution < 1.29 is 27.5 Å². The fourth-order valence-electron chi connectivity index (χ4n) is 2.52. The lowest BCUT2D eigenvalue weighted by Crippen LogP contribution is -2.21. The first-order valence-electron chi connectivity index (χ1n) is 8.24. The molecule has 1 aromatic carbocycles. The summed E-state index contributed by atoms with van der Waals surface area (Å²) in [5.41, 5.74) is 0.120. The molecule has 0 spiro atoms. The van der Waals surface area contributed by atoms with E-state index >= 15 is 0 Å². The summed E-state index contributed by atoms with van der Waals surface area (Å²) in [7, 11) is 1.21. The topological polar surface area (TPSA) is 82.7 Å². The number of benzene rings is 1. The predicted molar refractivity (Wildman–Crippen MR) is 103 cm³/mol. The number of methoxy groups -OCH3 is 1. The molecule has 0 aliphatic heterocycles. The van der Waals surface area contributed by atoms with Gasteiger partial charge in [-0.25, -0.2) is 18.1 Å². The molecule has 29 heavy (non-hydrogen) atoms. The van der Waals surface area contributed by atoms with Crippen LogP contribution in [0.3, 0.4) is 0 Å². The third-order valence-electron chi connectivity index (χ3n) is 3.92. The quantitative estimate of drug-likeness (QED) is 0.594. The molecule has 0 aliphatic rings. The number of hydrogen-bond donors (Lipinski definition) is 1. The van der Waals surface area contributed by atoms with E-state index in [0.29, 0.717) is 5.69 Å². The molecule has 0 atom stereocenters. The fraction of sp³-hybridized carbons (Fsp3) is 0.158. The maximum Gasteiger partial charge on any atom is 0.413 e. The van der Waals surface area contributed by atoms with Crippen LogP contribution in [0.1, 0.15) is 11.3 Å². The maximum absolute atomic E-state index is 13.8. The monoisotopic (exact) mass is 468 g/mol. The first kappa shape index (κ1) is 20.6. The number of hydrogen-bond acceptors (Lipinski definition) is 5. The van der Waals surface area contributed by atoms with Crippen LogP contribution in [0, 0.1) is 18.6 Å². The largest absolute Gasteiger partial charge is 0.487 e. The summed E-state index contributed by atoms with van der Waals surface area (Å²) in [5, 5.41) is 2.35. The molecule has 3 aromatic rings. The van der Waals surface area contributed by atoms with E-state index in [1.807, 2.05) is 0 Å². The minimum atomic E-state index is -0.743. The number of halogens is 3. The van der Waals surface area contributed by atoms with E-state index in [4.69, 9.17) is 9.15 Å². The van der Waals surface area contributed by atoms with Crippen LogP contribution in [0.2, 0.25) is 0 Å². The lowest BCUT2D eigenvalue weighted by molar-refractivity contribution is 0.186. The van der Waals surface area contributed by atoms with Gasteiger partial charge >= 0.3 is 6.09 Å². The van der Waals surface area contributed by atoms with Gasteiger partial charge in [0.2, 0.25) is 11.8 Å². The van der Waals surface area contributed by atoms with Gasteiger partial charge in [-0.2, -0.15) is 0 Å². The Morgan fingerprint density at radius 2 is 2.00 bits per heavy atom. The average molecular weight is 469 g/mol. The molecule has 7 nitrogen and oxygen atoms in total. The number of pyridine rings is 1. The molecule has 2 aromatic heterocycles. The summed E-state index contributed by atoms with van der Waals surface area (Å²) in [5.74, 6) is -0.984. The fourth-order valence-corrected chi connectivity index (χ4v) is 2.93. The number of rotatable bonds is 5. The molecule has 0 saturated carbocycles. The van der Waals surface area contributed by atoms with Gasteiger partial charge in [0.25, 0.3) is 5.56 Å². The molecular formula is C19H15BrF2N2O5. The smallest absolute Gasteiger partial charge is 0.413 e. The van der Waals surface area contributed by atoms with Crippen LogP contribution >= 0.6 is 15.9 Å². The number of furan rings is 1. The van der Waals surface area contributed by atoms with Gasteiger partial charge in [-0.3, -0.25) is 10.1 Å². The van der Waals surface area contributed by atoms with Gasteiger partial charge in [0.1, 0.15) is 28.5 Å². The highest BCUT2D eigenvalue weighted by Gasteiger charge is 2.17. The highest BCUT2D eigenvalue weighted by molar-refractivity contribution is 9.10. The Balaban J connectivity index is 1.86. The van der Waals surface area contributed by atoms with Gasteiger partial charge in [0.15, 0.2) is 0 Å². The average Bonchev–Trinajstić information content (AvgIpc) is 3.12. The first-order chi connectivity index (χ1) is 13.8. The maximum atomic E-state index is 13.8.